The van der Waals surface area contributed by atoms with E-state index < -0.39 is 17.6 Å². The third kappa shape index (κ3) is 3.51. The summed E-state index contributed by atoms with van der Waals surface area (Å²) in [5.74, 6) is 0.641. The van der Waals surface area contributed by atoms with Crippen LogP contribution in [0.1, 0.15) is 11.1 Å². The predicted molar refractivity (Wildman–Crippen MR) is 107 cm³/mol. The second kappa shape index (κ2) is 7.09. The Hall–Kier alpha value is -2.04. The van der Waals surface area contributed by atoms with Crippen LogP contribution >= 0.6 is 39.9 Å². The number of anilines is 1. The number of carbonyl (C=O) groups is 1. The highest BCUT2D eigenvalue weighted by Crippen LogP contribution is 2.41. The molecule has 0 atom stereocenters. The van der Waals surface area contributed by atoms with E-state index in [1.165, 1.54) is 12.1 Å². The van der Waals surface area contributed by atoms with E-state index in [1.54, 1.807) is 18.2 Å². The second-order valence-electron chi connectivity index (χ2n) is 5.79. The van der Waals surface area contributed by atoms with Crippen molar-refractivity contribution in [2.75, 3.05) is 11.7 Å². The quantitative estimate of drug-likeness (QED) is 0.407. The molecule has 0 unspecified atom stereocenters. The molecule has 2 aliphatic rings. The minimum Gasteiger partial charge on any atom is -0.454 e. The number of benzene rings is 2. The van der Waals surface area contributed by atoms with E-state index in [4.69, 9.17) is 21.7 Å². The van der Waals surface area contributed by atoms with Crippen LogP contribution in [0.5, 0.6) is 11.5 Å². The number of nitrogens with zero attached hydrogens (tertiary/aromatic N) is 1. The summed E-state index contributed by atoms with van der Waals surface area (Å²) in [7, 11) is 0. The van der Waals surface area contributed by atoms with Crippen LogP contribution in [0, 0.1) is 0 Å². The summed E-state index contributed by atoms with van der Waals surface area (Å²) in [5.41, 5.74) is -0.110. The summed E-state index contributed by atoms with van der Waals surface area (Å²) >= 11 is 9.66. The summed E-state index contributed by atoms with van der Waals surface area (Å²) in [6.07, 6.45) is -2.90. The fraction of sp³-hybridized carbons (Fsp3) is 0.111. The van der Waals surface area contributed by atoms with Crippen LogP contribution in [-0.4, -0.2) is 17.0 Å². The van der Waals surface area contributed by atoms with Gasteiger partial charge >= 0.3 is 6.18 Å². The van der Waals surface area contributed by atoms with E-state index in [0.717, 1.165) is 28.8 Å². The van der Waals surface area contributed by atoms with Crippen molar-refractivity contribution in [3.8, 4) is 11.5 Å². The van der Waals surface area contributed by atoms with Crippen LogP contribution in [0.4, 0.5) is 18.9 Å². The van der Waals surface area contributed by atoms with Crippen LogP contribution < -0.4 is 14.4 Å². The lowest BCUT2D eigenvalue weighted by atomic mass is 10.1. The van der Waals surface area contributed by atoms with Gasteiger partial charge in [0.25, 0.3) is 5.91 Å². The molecule has 4 nitrogen and oxygen atoms in total. The van der Waals surface area contributed by atoms with Crippen molar-refractivity contribution >= 4 is 61.9 Å². The summed E-state index contributed by atoms with van der Waals surface area (Å²) < 4.78 is 50.4. The van der Waals surface area contributed by atoms with E-state index in [-0.39, 0.29) is 16.8 Å². The first-order valence-electron chi connectivity index (χ1n) is 7.78. The zero-order valence-electron chi connectivity index (χ0n) is 13.7. The van der Waals surface area contributed by atoms with Crippen LogP contribution in [-0.2, 0) is 11.0 Å². The molecular weight excluding hydrogens is 479 g/mol. The van der Waals surface area contributed by atoms with Crippen molar-refractivity contribution in [2.24, 2.45) is 0 Å². The van der Waals surface area contributed by atoms with Crippen molar-refractivity contribution in [2.45, 2.75) is 6.18 Å². The smallest absolute Gasteiger partial charge is 0.416 e. The lowest BCUT2D eigenvalue weighted by Crippen LogP contribution is -2.27. The van der Waals surface area contributed by atoms with Crippen molar-refractivity contribution in [3.63, 3.8) is 0 Å². The molecule has 0 N–H and O–H groups in total. The van der Waals surface area contributed by atoms with E-state index >= 15 is 0 Å². The first-order valence-corrected chi connectivity index (χ1v) is 9.80. The van der Waals surface area contributed by atoms with Gasteiger partial charge in [-0.25, -0.2) is 0 Å². The predicted octanol–water partition coefficient (Wildman–Crippen LogP) is 5.60. The summed E-state index contributed by atoms with van der Waals surface area (Å²) in [6, 6.07) is 7.95. The highest BCUT2D eigenvalue weighted by Gasteiger charge is 2.36. The van der Waals surface area contributed by atoms with Gasteiger partial charge in [-0.05, 0) is 42.0 Å². The van der Waals surface area contributed by atoms with Crippen LogP contribution in [0.25, 0.3) is 6.08 Å². The Morgan fingerprint density at radius 2 is 1.89 bits per heavy atom. The molecule has 0 radical (unpaired) electrons. The van der Waals surface area contributed by atoms with Gasteiger partial charge in [0.2, 0.25) is 6.79 Å². The molecule has 0 spiro atoms. The van der Waals surface area contributed by atoms with E-state index in [9.17, 15) is 18.0 Å². The minimum absolute atomic E-state index is 0.0745. The second-order valence-corrected chi connectivity index (χ2v) is 8.32. The van der Waals surface area contributed by atoms with Gasteiger partial charge in [-0.15, -0.1) is 0 Å². The number of fused-ring (bicyclic) bond motifs is 1. The van der Waals surface area contributed by atoms with E-state index in [2.05, 4.69) is 15.9 Å². The minimum atomic E-state index is -4.51. The molecule has 144 valence electrons. The van der Waals surface area contributed by atoms with Gasteiger partial charge < -0.3 is 9.47 Å². The molecule has 0 aliphatic carbocycles. The van der Waals surface area contributed by atoms with Gasteiger partial charge in [-0.2, -0.15) is 13.2 Å². The van der Waals surface area contributed by atoms with Crippen molar-refractivity contribution in [1.82, 2.24) is 0 Å². The molecule has 1 fully saturated rings. The Kier molecular flexibility index (Phi) is 4.88. The molecule has 2 aromatic rings. The van der Waals surface area contributed by atoms with Gasteiger partial charge in [0, 0.05) is 4.47 Å². The maximum atomic E-state index is 13.0. The molecule has 2 aliphatic heterocycles. The Labute approximate surface area is 175 Å². The standard InChI is InChI=1S/C18H9BrF3NO3S2/c19-12-7-14-13(25-8-26-14)4-9(12)5-15-16(24)23(17(27)28-15)11-3-1-2-10(6-11)18(20,21)22/h1-7H,8H2/b15-5-. The molecular formula is C18H9BrF3NO3S2. The molecule has 2 heterocycles. The molecule has 2 aromatic carbocycles. The molecule has 0 saturated carbocycles. The average Bonchev–Trinajstić information content (AvgIpc) is 3.18. The summed E-state index contributed by atoms with van der Waals surface area (Å²) in [5, 5.41) is 0. The number of rotatable bonds is 2. The topological polar surface area (TPSA) is 38.8 Å². The van der Waals surface area contributed by atoms with Gasteiger partial charge in [-0.1, -0.05) is 46.0 Å². The highest BCUT2D eigenvalue weighted by atomic mass is 79.9. The molecule has 1 amide bonds. The Balaban J connectivity index is 1.68. The molecule has 1 saturated heterocycles. The third-order valence-electron chi connectivity index (χ3n) is 4.00. The summed E-state index contributed by atoms with van der Waals surface area (Å²) in [4.78, 5) is 14.2. The first kappa shape index (κ1) is 19.3. The van der Waals surface area contributed by atoms with Crippen molar-refractivity contribution < 1.29 is 27.4 Å². The Morgan fingerprint density at radius 1 is 1.18 bits per heavy atom. The average molecular weight is 488 g/mol. The lowest BCUT2D eigenvalue weighted by Gasteiger charge is -2.16. The Bertz CT molecular complexity index is 1040. The summed E-state index contributed by atoms with van der Waals surface area (Å²) in [6.45, 7) is 0.114. The maximum Gasteiger partial charge on any atom is 0.416 e. The number of hydrogen-bond donors (Lipinski definition) is 0. The molecule has 28 heavy (non-hydrogen) atoms. The van der Waals surface area contributed by atoms with Gasteiger partial charge in [0.15, 0.2) is 15.8 Å². The van der Waals surface area contributed by atoms with Crippen molar-refractivity contribution in [3.05, 3.63) is 56.9 Å². The molecule has 4 rings (SSSR count). The van der Waals surface area contributed by atoms with E-state index in [0.29, 0.717) is 26.4 Å². The number of thiocarbonyl (C=S) groups is 1. The fourth-order valence-electron chi connectivity index (χ4n) is 2.70. The van der Waals surface area contributed by atoms with E-state index in [1.807, 2.05) is 0 Å². The number of amides is 1. The molecule has 0 bridgehead atoms. The monoisotopic (exact) mass is 487 g/mol. The van der Waals surface area contributed by atoms with Crippen molar-refractivity contribution in [1.29, 1.82) is 0 Å². The van der Waals surface area contributed by atoms with Gasteiger partial charge in [0.1, 0.15) is 0 Å². The molecule has 10 heteroatoms. The number of alkyl halides is 3. The number of halogens is 4. The van der Waals surface area contributed by atoms with Crippen LogP contribution in [0.3, 0.4) is 0 Å². The third-order valence-corrected chi connectivity index (χ3v) is 5.99. The zero-order valence-corrected chi connectivity index (χ0v) is 17.0. The van der Waals surface area contributed by atoms with Gasteiger partial charge in [0.05, 0.1) is 16.2 Å². The highest BCUT2D eigenvalue weighted by molar-refractivity contribution is 9.10. The SMILES string of the molecule is O=C1/C(=C/c2cc3c(cc2Br)OCO3)SC(=S)N1c1cccc(C(F)(F)F)c1. The van der Waals surface area contributed by atoms with Crippen LogP contribution in [0.15, 0.2) is 45.8 Å². The number of thioether (sulfide) groups is 1. The van der Waals surface area contributed by atoms with Gasteiger partial charge in [-0.3, -0.25) is 9.69 Å². The van der Waals surface area contributed by atoms with Crippen LogP contribution in [0.2, 0.25) is 0 Å². The fourth-order valence-corrected chi connectivity index (χ4v) is 4.42. The largest absolute Gasteiger partial charge is 0.454 e. The molecule has 0 aromatic heterocycles. The zero-order chi connectivity index (χ0) is 20.1. The normalized spacial score (nSPS) is 17.7. The Morgan fingerprint density at radius 3 is 2.61 bits per heavy atom. The number of carbonyl (C=O) groups excluding carboxylic acids is 1. The lowest BCUT2D eigenvalue weighted by molar-refractivity contribution is -0.137. The number of ether oxygens (including phenoxy) is 2. The maximum absolute atomic E-state index is 13.0. The first-order chi connectivity index (χ1) is 13.2. The number of hydrogen-bond acceptors (Lipinski definition) is 5.